The molecule has 0 heterocycles. The molecule has 0 radical (unpaired) electrons. The van der Waals surface area contributed by atoms with Crippen molar-refractivity contribution in [1.29, 1.82) is 0 Å². The van der Waals surface area contributed by atoms with Crippen LogP contribution in [-0.4, -0.2) is 30.5 Å². The van der Waals surface area contributed by atoms with Gasteiger partial charge in [0.25, 0.3) is 11.6 Å². The van der Waals surface area contributed by atoms with E-state index in [0.717, 1.165) is 5.75 Å². The molecule has 0 aliphatic carbocycles. The Labute approximate surface area is 152 Å². The van der Waals surface area contributed by atoms with Gasteiger partial charge in [-0.1, -0.05) is 26.0 Å². The average molecular weight is 357 g/mol. The minimum Gasteiger partial charge on any atom is -0.493 e. The van der Waals surface area contributed by atoms with Crippen molar-refractivity contribution in [2.24, 2.45) is 5.92 Å². The molecule has 0 aliphatic rings. The molecule has 26 heavy (non-hydrogen) atoms. The van der Waals surface area contributed by atoms with Crippen molar-refractivity contribution in [3.8, 4) is 5.75 Å². The number of anilines is 1. The van der Waals surface area contributed by atoms with Crippen LogP contribution in [0.2, 0.25) is 0 Å². The van der Waals surface area contributed by atoms with E-state index in [0.29, 0.717) is 36.9 Å². The molecule has 0 saturated heterocycles. The van der Waals surface area contributed by atoms with E-state index in [4.69, 9.17) is 4.74 Å². The maximum Gasteiger partial charge on any atom is 0.292 e. The summed E-state index contributed by atoms with van der Waals surface area (Å²) in [7, 11) is 0. The van der Waals surface area contributed by atoms with Crippen LogP contribution in [0.25, 0.3) is 0 Å². The second kappa shape index (κ2) is 9.41. The summed E-state index contributed by atoms with van der Waals surface area (Å²) in [6.07, 6.45) is 0. The number of rotatable bonds is 9. The van der Waals surface area contributed by atoms with Gasteiger partial charge in [0.15, 0.2) is 0 Å². The van der Waals surface area contributed by atoms with Gasteiger partial charge in [0.05, 0.1) is 11.5 Å². The molecular weight excluding hydrogens is 334 g/mol. The van der Waals surface area contributed by atoms with Gasteiger partial charge in [-0.3, -0.25) is 14.9 Å². The van der Waals surface area contributed by atoms with Crippen molar-refractivity contribution < 1.29 is 14.5 Å². The van der Waals surface area contributed by atoms with Crippen LogP contribution in [-0.2, 0) is 0 Å². The predicted octanol–water partition coefficient (Wildman–Crippen LogP) is 3.47. The number of ether oxygens (including phenoxy) is 1. The van der Waals surface area contributed by atoms with E-state index in [9.17, 15) is 14.9 Å². The quantitative estimate of drug-likeness (QED) is 0.407. The summed E-state index contributed by atoms with van der Waals surface area (Å²) in [5, 5.41) is 16.7. The van der Waals surface area contributed by atoms with Crippen LogP contribution in [0.15, 0.2) is 48.5 Å². The van der Waals surface area contributed by atoms with E-state index in [2.05, 4.69) is 24.5 Å². The Morgan fingerprint density at radius 1 is 1.12 bits per heavy atom. The Bertz CT molecular complexity index is 745. The van der Waals surface area contributed by atoms with Crippen LogP contribution in [0, 0.1) is 16.0 Å². The molecule has 2 rings (SSSR count). The number of para-hydroxylation sites is 2. The molecule has 0 fully saturated rings. The second-order valence-corrected chi connectivity index (χ2v) is 6.19. The van der Waals surface area contributed by atoms with E-state index in [1.54, 1.807) is 42.5 Å². The number of nitro benzene ring substituents is 1. The number of benzene rings is 2. The first-order chi connectivity index (χ1) is 12.5. The Morgan fingerprint density at radius 3 is 2.46 bits per heavy atom. The number of nitrogens with zero attached hydrogens (tertiary/aromatic N) is 1. The average Bonchev–Trinajstić information content (AvgIpc) is 2.64. The fraction of sp³-hybridized carbons (Fsp3) is 0.316. The summed E-state index contributed by atoms with van der Waals surface area (Å²) in [5.41, 5.74) is 0.974. The molecule has 0 bridgehead atoms. The molecule has 0 aliphatic heterocycles. The van der Waals surface area contributed by atoms with Gasteiger partial charge in [-0.25, -0.2) is 0 Å². The largest absolute Gasteiger partial charge is 0.493 e. The van der Waals surface area contributed by atoms with Crippen LogP contribution in [0.3, 0.4) is 0 Å². The molecule has 138 valence electrons. The molecule has 1 amide bonds. The van der Waals surface area contributed by atoms with Crippen molar-refractivity contribution >= 4 is 17.3 Å². The topological polar surface area (TPSA) is 93.5 Å². The van der Waals surface area contributed by atoms with Crippen molar-refractivity contribution in [1.82, 2.24) is 5.32 Å². The van der Waals surface area contributed by atoms with E-state index >= 15 is 0 Å². The molecule has 0 unspecified atom stereocenters. The first-order valence-corrected chi connectivity index (χ1v) is 8.45. The van der Waals surface area contributed by atoms with Crippen LogP contribution in [0.1, 0.15) is 24.2 Å². The summed E-state index contributed by atoms with van der Waals surface area (Å²) < 4.78 is 5.58. The second-order valence-electron chi connectivity index (χ2n) is 6.19. The van der Waals surface area contributed by atoms with E-state index < -0.39 is 4.92 Å². The van der Waals surface area contributed by atoms with Gasteiger partial charge in [0.1, 0.15) is 11.4 Å². The van der Waals surface area contributed by atoms with Gasteiger partial charge in [-0.05, 0) is 36.2 Å². The number of hydrogen-bond acceptors (Lipinski definition) is 5. The monoisotopic (exact) mass is 357 g/mol. The van der Waals surface area contributed by atoms with Crippen LogP contribution in [0.4, 0.5) is 11.4 Å². The molecule has 0 saturated carbocycles. The van der Waals surface area contributed by atoms with Gasteiger partial charge >= 0.3 is 0 Å². The van der Waals surface area contributed by atoms with Gasteiger partial charge in [-0.15, -0.1) is 0 Å². The number of carbonyl (C=O) groups is 1. The lowest BCUT2D eigenvalue weighted by molar-refractivity contribution is -0.384. The van der Waals surface area contributed by atoms with E-state index in [1.165, 1.54) is 6.07 Å². The Balaban J connectivity index is 1.79. The summed E-state index contributed by atoms with van der Waals surface area (Å²) in [6.45, 7) is 5.49. The van der Waals surface area contributed by atoms with Crippen LogP contribution < -0.4 is 15.4 Å². The number of nitro groups is 1. The standard InChI is InChI=1S/C19H23N3O4/c1-14(2)13-26-16-9-7-15(8-10-16)19(23)21-12-11-20-17-5-3-4-6-18(17)22(24)25/h3-10,14,20H,11-13H2,1-2H3,(H,21,23). The van der Waals surface area contributed by atoms with Crippen molar-refractivity contribution in [2.45, 2.75) is 13.8 Å². The lowest BCUT2D eigenvalue weighted by atomic mass is 10.2. The zero-order valence-electron chi connectivity index (χ0n) is 14.9. The third kappa shape index (κ3) is 5.77. The Morgan fingerprint density at radius 2 is 1.81 bits per heavy atom. The maximum atomic E-state index is 12.1. The van der Waals surface area contributed by atoms with Gasteiger partial charge in [0, 0.05) is 24.7 Å². The van der Waals surface area contributed by atoms with Crippen LogP contribution >= 0.6 is 0 Å². The SMILES string of the molecule is CC(C)COc1ccc(C(=O)NCCNc2ccccc2[N+](=O)[O-])cc1. The molecule has 2 N–H and O–H groups in total. The highest BCUT2D eigenvalue weighted by Gasteiger charge is 2.11. The van der Waals surface area contributed by atoms with Crippen LogP contribution in [0.5, 0.6) is 5.75 Å². The summed E-state index contributed by atoms with van der Waals surface area (Å²) in [5.74, 6) is 0.962. The summed E-state index contributed by atoms with van der Waals surface area (Å²) in [6, 6.07) is 13.3. The number of hydrogen-bond donors (Lipinski definition) is 2. The van der Waals surface area contributed by atoms with Crippen molar-refractivity contribution in [3.63, 3.8) is 0 Å². The highest BCUT2D eigenvalue weighted by molar-refractivity contribution is 5.94. The molecule has 2 aromatic carbocycles. The zero-order valence-corrected chi connectivity index (χ0v) is 14.9. The highest BCUT2D eigenvalue weighted by atomic mass is 16.6. The molecule has 7 nitrogen and oxygen atoms in total. The molecule has 0 aromatic heterocycles. The van der Waals surface area contributed by atoms with Crippen molar-refractivity contribution in [2.75, 3.05) is 25.0 Å². The normalized spacial score (nSPS) is 10.4. The zero-order chi connectivity index (χ0) is 18.9. The highest BCUT2D eigenvalue weighted by Crippen LogP contribution is 2.22. The molecule has 2 aromatic rings. The maximum absolute atomic E-state index is 12.1. The summed E-state index contributed by atoms with van der Waals surface area (Å²) >= 11 is 0. The fourth-order valence-corrected chi connectivity index (χ4v) is 2.22. The minimum atomic E-state index is -0.441. The minimum absolute atomic E-state index is 0.0100. The van der Waals surface area contributed by atoms with Gasteiger partial charge in [0.2, 0.25) is 0 Å². The molecule has 0 atom stereocenters. The van der Waals surface area contributed by atoms with Crippen molar-refractivity contribution in [3.05, 3.63) is 64.2 Å². The molecule has 0 spiro atoms. The third-order valence-corrected chi connectivity index (χ3v) is 3.53. The number of carbonyl (C=O) groups excluding carboxylic acids is 1. The summed E-state index contributed by atoms with van der Waals surface area (Å²) in [4.78, 5) is 22.6. The van der Waals surface area contributed by atoms with Gasteiger partial charge < -0.3 is 15.4 Å². The first-order valence-electron chi connectivity index (χ1n) is 8.45. The predicted molar refractivity (Wildman–Crippen MR) is 101 cm³/mol. The lowest BCUT2D eigenvalue weighted by Crippen LogP contribution is -2.28. The third-order valence-electron chi connectivity index (χ3n) is 3.53. The van der Waals surface area contributed by atoms with Gasteiger partial charge in [-0.2, -0.15) is 0 Å². The molecule has 7 heteroatoms. The number of amides is 1. The lowest BCUT2D eigenvalue weighted by Gasteiger charge is -2.10. The molecular formula is C19H23N3O4. The first kappa shape index (κ1) is 19.2. The number of nitrogens with one attached hydrogen (secondary N) is 2. The fourth-order valence-electron chi connectivity index (χ4n) is 2.22. The smallest absolute Gasteiger partial charge is 0.292 e. The van der Waals surface area contributed by atoms with E-state index in [1.807, 2.05) is 0 Å². The van der Waals surface area contributed by atoms with E-state index in [-0.39, 0.29) is 11.6 Å². The Kier molecular flexibility index (Phi) is 6.96. The Hall–Kier alpha value is -3.09.